The Kier molecular flexibility index (Phi) is 1.64. The fraction of sp³-hybridized carbons (Fsp3) is 1.00. The van der Waals surface area contributed by atoms with Crippen LogP contribution in [0.2, 0.25) is 0 Å². The summed E-state index contributed by atoms with van der Waals surface area (Å²) in [5.74, 6) is -11.3. The molecule has 0 nitrogen and oxygen atoms in total. The van der Waals surface area contributed by atoms with E-state index in [0.29, 0.717) is 0 Å². The molecule has 0 N–H and O–H groups in total. The zero-order valence-corrected chi connectivity index (χ0v) is 5.70. The van der Waals surface area contributed by atoms with Crippen LogP contribution < -0.4 is 0 Å². The van der Waals surface area contributed by atoms with E-state index in [1.807, 2.05) is 0 Å². The summed E-state index contributed by atoms with van der Waals surface area (Å²) in [4.78, 5) is 0. The van der Waals surface area contributed by atoms with Gasteiger partial charge in [-0.3, -0.25) is 0 Å². The molecule has 0 aromatic carbocycles. The van der Waals surface area contributed by atoms with Gasteiger partial charge in [-0.25, -0.2) is 0 Å². The number of hydrogen-bond acceptors (Lipinski definition) is 1. The van der Waals surface area contributed by atoms with Crippen molar-refractivity contribution in [2.75, 3.05) is 5.75 Å². The zero-order valence-electron chi connectivity index (χ0n) is 4.88. The van der Waals surface area contributed by atoms with E-state index in [9.17, 15) is 26.3 Å². The highest BCUT2D eigenvalue weighted by atomic mass is 32.2. The molecule has 0 spiro atoms. The smallest absolute Gasteiger partial charge is 0.199 e. The maximum Gasteiger partial charge on any atom is 0.382 e. The number of alkyl halides is 6. The fourth-order valence-electron chi connectivity index (χ4n) is 0.575. The van der Waals surface area contributed by atoms with Crippen molar-refractivity contribution in [1.29, 1.82) is 0 Å². The highest BCUT2D eigenvalue weighted by molar-refractivity contribution is 8.00. The Balaban J connectivity index is 3.00. The minimum atomic E-state index is -5.22. The van der Waals surface area contributed by atoms with Gasteiger partial charge in [0, 0.05) is 0 Å². The monoisotopic (exact) mass is 196 g/mol. The van der Waals surface area contributed by atoms with Gasteiger partial charge in [0.15, 0.2) is 0 Å². The highest BCUT2D eigenvalue weighted by Crippen LogP contribution is 2.58. The molecule has 0 unspecified atom stereocenters. The van der Waals surface area contributed by atoms with E-state index in [2.05, 4.69) is 0 Å². The number of hydrogen-bond donors (Lipinski definition) is 0. The van der Waals surface area contributed by atoms with Crippen LogP contribution in [0.1, 0.15) is 0 Å². The lowest BCUT2D eigenvalue weighted by Gasteiger charge is -2.21. The second-order valence-corrected chi connectivity index (χ2v) is 3.17. The molecule has 0 amide bonds. The molecular weight excluding hydrogens is 194 g/mol. The molecule has 0 aromatic rings. The molecule has 0 aliphatic carbocycles. The van der Waals surface area contributed by atoms with Gasteiger partial charge in [-0.1, -0.05) is 11.8 Å². The van der Waals surface area contributed by atoms with Crippen LogP contribution in [0, 0.1) is 0 Å². The van der Waals surface area contributed by atoms with Crippen LogP contribution in [-0.4, -0.2) is 22.9 Å². The van der Waals surface area contributed by atoms with Crippen molar-refractivity contribution in [3.8, 4) is 0 Å². The van der Waals surface area contributed by atoms with Crippen LogP contribution in [0.25, 0.3) is 0 Å². The van der Waals surface area contributed by atoms with Crippen LogP contribution >= 0.6 is 11.8 Å². The SMILES string of the molecule is FC1(F)CSC(F)(F)C1(F)F. The third kappa shape index (κ3) is 1.00. The number of rotatable bonds is 0. The van der Waals surface area contributed by atoms with Crippen LogP contribution in [0.4, 0.5) is 26.3 Å². The predicted octanol–water partition coefficient (Wildman–Crippen LogP) is 2.60. The second-order valence-electron chi connectivity index (χ2n) is 2.08. The lowest BCUT2D eigenvalue weighted by molar-refractivity contribution is -0.255. The molecule has 1 saturated heterocycles. The first-order valence-electron chi connectivity index (χ1n) is 2.48. The molecule has 0 atom stereocenters. The van der Waals surface area contributed by atoms with Gasteiger partial charge < -0.3 is 0 Å². The Morgan fingerprint density at radius 1 is 0.909 bits per heavy atom. The summed E-state index contributed by atoms with van der Waals surface area (Å²) in [6, 6.07) is 0. The molecular formula is C4H2F6S. The highest BCUT2D eigenvalue weighted by Gasteiger charge is 2.77. The largest absolute Gasteiger partial charge is 0.382 e. The molecule has 1 heterocycles. The summed E-state index contributed by atoms with van der Waals surface area (Å²) < 4.78 is 71.8. The predicted molar refractivity (Wildman–Crippen MR) is 27.3 cm³/mol. The topological polar surface area (TPSA) is 0 Å². The van der Waals surface area contributed by atoms with Gasteiger partial charge >= 0.3 is 17.1 Å². The van der Waals surface area contributed by atoms with Crippen molar-refractivity contribution in [3.63, 3.8) is 0 Å². The molecule has 66 valence electrons. The molecule has 0 radical (unpaired) electrons. The summed E-state index contributed by atoms with van der Waals surface area (Å²) in [6.07, 6.45) is 0. The van der Waals surface area contributed by atoms with Crippen molar-refractivity contribution in [3.05, 3.63) is 0 Å². The van der Waals surface area contributed by atoms with Crippen LogP contribution in [-0.2, 0) is 0 Å². The number of halogens is 6. The lowest BCUT2D eigenvalue weighted by Crippen LogP contribution is -2.46. The van der Waals surface area contributed by atoms with Crippen LogP contribution in [0.15, 0.2) is 0 Å². The molecule has 0 saturated carbocycles. The van der Waals surface area contributed by atoms with Gasteiger partial charge in [0.1, 0.15) is 0 Å². The van der Waals surface area contributed by atoms with Crippen molar-refractivity contribution in [2.45, 2.75) is 17.1 Å². The van der Waals surface area contributed by atoms with Gasteiger partial charge in [0.25, 0.3) is 0 Å². The molecule has 1 fully saturated rings. The van der Waals surface area contributed by atoms with Gasteiger partial charge in [-0.05, 0) is 0 Å². The maximum absolute atomic E-state index is 12.0. The molecule has 0 aromatic heterocycles. The number of thioether (sulfide) groups is 1. The van der Waals surface area contributed by atoms with Crippen molar-refractivity contribution in [2.24, 2.45) is 0 Å². The minimum absolute atomic E-state index is 0.720. The normalized spacial score (nSPS) is 32.2. The van der Waals surface area contributed by atoms with Gasteiger partial charge in [-0.2, -0.15) is 26.3 Å². The van der Waals surface area contributed by atoms with E-state index in [-0.39, 0.29) is 0 Å². The summed E-state index contributed by atoms with van der Waals surface area (Å²) >= 11 is -0.720. The minimum Gasteiger partial charge on any atom is -0.199 e. The van der Waals surface area contributed by atoms with Crippen molar-refractivity contribution in [1.82, 2.24) is 0 Å². The zero-order chi connectivity index (χ0) is 8.91. The first-order chi connectivity index (χ1) is 4.71. The maximum atomic E-state index is 12.0. The molecule has 7 heteroatoms. The van der Waals surface area contributed by atoms with Gasteiger partial charge in [-0.15, -0.1) is 0 Å². The second kappa shape index (κ2) is 1.99. The molecule has 1 aliphatic heterocycles. The van der Waals surface area contributed by atoms with E-state index in [1.165, 1.54) is 0 Å². The Morgan fingerprint density at radius 3 is 1.45 bits per heavy atom. The molecule has 1 rings (SSSR count). The standard InChI is InChI=1S/C4H2F6S/c5-2(6)1-11-4(9,10)3(2,7)8/h1H2. The van der Waals surface area contributed by atoms with E-state index in [1.54, 1.807) is 0 Å². The Hall–Kier alpha value is -0.0700. The first kappa shape index (κ1) is 9.02. The average Bonchev–Trinajstić information content (AvgIpc) is 1.93. The third-order valence-electron chi connectivity index (χ3n) is 1.26. The van der Waals surface area contributed by atoms with Crippen molar-refractivity contribution >= 4 is 11.8 Å². The van der Waals surface area contributed by atoms with Crippen molar-refractivity contribution < 1.29 is 26.3 Å². The Bertz CT molecular complexity index is 157. The van der Waals surface area contributed by atoms with E-state index in [0.717, 1.165) is 0 Å². The summed E-state index contributed by atoms with van der Waals surface area (Å²) in [7, 11) is 0. The van der Waals surface area contributed by atoms with E-state index < -0.39 is 34.6 Å². The summed E-state index contributed by atoms with van der Waals surface area (Å²) in [5.41, 5.74) is 0. The summed E-state index contributed by atoms with van der Waals surface area (Å²) in [5, 5.41) is -4.64. The molecule has 1 aliphatic rings. The molecule has 11 heavy (non-hydrogen) atoms. The van der Waals surface area contributed by atoms with E-state index in [4.69, 9.17) is 0 Å². The first-order valence-corrected chi connectivity index (χ1v) is 3.47. The van der Waals surface area contributed by atoms with Gasteiger partial charge in [0.2, 0.25) is 0 Å². The van der Waals surface area contributed by atoms with Crippen LogP contribution in [0.3, 0.4) is 0 Å². The average molecular weight is 196 g/mol. The van der Waals surface area contributed by atoms with E-state index >= 15 is 0 Å². The Morgan fingerprint density at radius 2 is 1.36 bits per heavy atom. The third-order valence-corrected chi connectivity index (χ3v) is 2.39. The fourth-order valence-corrected chi connectivity index (χ4v) is 1.45. The molecule has 0 bridgehead atoms. The van der Waals surface area contributed by atoms with Crippen LogP contribution in [0.5, 0.6) is 0 Å². The quantitative estimate of drug-likeness (QED) is 0.536. The lowest BCUT2D eigenvalue weighted by atomic mass is 10.2. The Labute approximate surface area is 61.9 Å². The summed E-state index contributed by atoms with van der Waals surface area (Å²) in [6.45, 7) is 0. The van der Waals surface area contributed by atoms with Gasteiger partial charge in [0.05, 0.1) is 5.75 Å².